The number of nitro groups is 1. The fraction of sp³-hybridized carbons (Fsp3) is 0.364. The van der Waals surface area contributed by atoms with Gasteiger partial charge < -0.3 is 10.0 Å². The highest BCUT2D eigenvalue weighted by molar-refractivity contribution is 7.89. The van der Waals surface area contributed by atoms with Gasteiger partial charge in [0.2, 0.25) is 10.0 Å². The zero-order valence-electron chi connectivity index (χ0n) is 11.2. The molecule has 21 heavy (non-hydrogen) atoms. The number of benzene rings is 1. The molecule has 0 aliphatic heterocycles. The van der Waals surface area contributed by atoms with E-state index in [1.807, 2.05) is 0 Å². The molecule has 10 heteroatoms. The first kappa shape index (κ1) is 16.9. The minimum atomic E-state index is -4.08. The van der Waals surface area contributed by atoms with Crippen molar-refractivity contribution in [1.82, 2.24) is 0 Å². The molecule has 0 atom stereocenters. The van der Waals surface area contributed by atoms with Crippen LogP contribution in [0.4, 0.5) is 11.4 Å². The van der Waals surface area contributed by atoms with Crippen LogP contribution in [-0.4, -0.2) is 37.5 Å². The summed E-state index contributed by atoms with van der Waals surface area (Å²) < 4.78 is 22.5. The molecule has 116 valence electrons. The molecule has 0 amide bonds. The summed E-state index contributed by atoms with van der Waals surface area (Å²) in [5.74, 6) is -1.15. The highest BCUT2D eigenvalue weighted by Gasteiger charge is 2.23. The molecule has 0 aliphatic rings. The molecule has 1 rings (SSSR count). The molecule has 0 bridgehead atoms. The number of hydrogen-bond acceptors (Lipinski definition) is 6. The van der Waals surface area contributed by atoms with Gasteiger partial charge in [0.15, 0.2) is 0 Å². The molecule has 0 saturated heterocycles. The molecule has 0 aromatic heterocycles. The number of sulfonamides is 1. The van der Waals surface area contributed by atoms with Gasteiger partial charge in [0.25, 0.3) is 5.69 Å². The minimum Gasteiger partial charge on any atom is -0.480 e. The number of carbonyl (C=O) groups is 1. The van der Waals surface area contributed by atoms with Crippen LogP contribution >= 0.6 is 0 Å². The molecule has 0 spiro atoms. The molecule has 1 aromatic carbocycles. The van der Waals surface area contributed by atoms with E-state index in [1.54, 1.807) is 6.92 Å². The van der Waals surface area contributed by atoms with E-state index in [0.717, 1.165) is 12.1 Å². The summed E-state index contributed by atoms with van der Waals surface area (Å²) in [6.07, 6.45) is 0.571. The smallest absolute Gasteiger partial charge is 0.323 e. The molecule has 0 fully saturated rings. The number of anilines is 1. The third-order valence-corrected chi connectivity index (χ3v) is 3.54. The Morgan fingerprint density at radius 3 is 2.52 bits per heavy atom. The van der Waals surface area contributed by atoms with E-state index in [4.69, 9.17) is 10.2 Å². The van der Waals surface area contributed by atoms with Crippen LogP contribution < -0.4 is 10.0 Å². The molecule has 1 aromatic rings. The van der Waals surface area contributed by atoms with Gasteiger partial charge in [-0.05, 0) is 18.6 Å². The van der Waals surface area contributed by atoms with Crippen LogP contribution in [0, 0.1) is 10.1 Å². The summed E-state index contributed by atoms with van der Waals surface area (Å²) in [6, 6.07) is 3.13. The van der Waals surface area contributed by atoms with E-state index < -0.39 is 38.0 Å². The number of aliphatic carboxylic acids is 1. The first-order valence-corrected chi connectivity index (χ1v) is 7.49. The number of nitrogens with two attached hydrogens (primary N) is 1. The van der Waals surface area contributed by atoms with Crippen molar-refractivity contribution in [2.75, 3.05) is 18.0 Å². The second-order valence-corrected chi connectivity index (χ2v) is 5.83. The maximum Gasteiger partial charge on any atom is 0.323 e. The second kappa shape index (κ2) is 6.50. The van der Waals surface area contributed by atoms with Crippen LogP contribution in [-0.2, 0) is 14.8 Å². The van der Waals surface area contributed by atoms with Crippen molar-refractivity contribution in [1.29, 1.82) is 0 Å². The van der Waals surface area contributed by atoms with E-state index in [1.165, 1.54) is 11.0 Å². The third kappa shape index (κ3) is 4.39. The zero-order chi connectivity index (χ0) is 16.2. The van der Waals surface area contributed by atoms with Crippen molar-refractivity contribution in [2.24, 2.45) is 5.14 Å². The predicted molar refractivity (Wildman–Crippen MR) is 74.6 cm³/mol. The summed E-state index contributed by atoms with van der Waals surface area (Å²) in [6.45, 7) is 1.64. The second-order valence-electron chi connectivity index (χ2n) is 4.27. The molecule has 0 radical (unpaired) electrons. The molecule has 0 aliphatic carbocycles. The molecule has 0 unspecified atom stereocenters. The van der Waals surface area contributed by atoms with Gasteiger partial charge in [-0.1, -0.05) is 6.92 Å². The van der Waals surface area contributed by atoms with Gasteiger partial charge in [-0.2, -0.15) is 0 Å². The lowest BCUT2D eigenvalue weighted by Crippen LogP contribution is -2.31. The third-order valence-electron chi connectivity index (χ3n) is 2.63. The Labute approximate surface area is 121 Å². The Morgan fingerprint density at radius 2 is 2.10 bits per heavy atom. The number of primary sulfonamides is 1. The first-order valence-electron chi connectivity index (χ1n) is 5.94. The normalized spacial score (nSPS) is 11.1. The Morgan fingerprint density at radius 1 is 1.48 bits per heavy atom. The number of nitro benzene ring substituents is 1. The Kier molecular flexibility index (Phi) is 5.22. The van der Waals surface area contributed by atoms with Crippen LogP contribution in [0.3, 0.4) is 0 Å². The summed E-state index contributed by atoms with van der Waals surface area (Å²) in [7, 11) is -4.08. The molecule has 0 saturated carbocycles. The average Bonchev–Trinajstić information content (AvgIpc) is 2.36. The van der Waals surface area contributed by atoms with Crippen molar-refractivity contribution in [3.63, 3.8) is 0 Å². The summed E-state index contributed by atoms with van der Waals surface area (Å²) >= 11 is 0. The minimum absolute atomic E-state index is 0.0386. The Balaban J connectivity index is 3.39. The van der Waals surface area contributed by atoms with Crippen molar-refractivity contribution in [3.8, 4) is 0 Å². The maximum atomic E-state index is 11.2. The Hall–Kier alpha value is -2.20. The summed E-state index contributed by atoms with van der Waals surface area (Å²) in [5.41, 5.74) is -0.465. The van der Waals surface area contributed by atoms with E-state index in [-0.39, 0.29) is 12.2 Å². The van der Waals surface area contributed by atoms with Crippen molar-refractivity contribution >= 4 is 27.4 Å². The number of nitrogens with zero attached hydrogens (tertiary/aromatic N) is 2. The lowest BCUT2D eigenvalue weighted by atomic mass is 10.2. The van der Waals surface area contributed by atoms with E-state index in [9.17, 15) is 23.3 Å². The zero-order valence-corrected chi connectivity index (χ0v) is 12.0. The number of rotatable bonds is 7. The molecule has 0 heterocycles. The van der Waals surface area contributed by atoms with Gasteiger partial charge in [-0.25, -0.2) is 13.6 Å². The van der Waals surface area contributed by atoms with Crippen LogP contribution in [0.15, 0.2) is 23.1 Å². The topological polar surface area (TPSA) is 144 Å². The van der Waals surface area contributed by atoms with Gasteiger partial charge in [-0.3, -0.25) is 14.9 Å². The van der Waals surface area contributed by atoms with Crippen LogP contribution in [0.25, 0.3) is 0 Å². The fourth-order valence-electron chi connectivity index (χ4n) is 1.81. The van der Waals surface area contributed by atoms with Crippen LogP contribution in [0.2, 0.25) is 0 Å². The quantitative estimate of drug-likeness (QED) is 0.551. The number of carboxylic acids is 1. The van der Waals surface area contributed by atoms with E-state index in [0.29, 0.717) is 6.42 Å². The molecule has 3 N–H and O–H groups in total. The predicted octanol–water partition coefficient (Wildman–Crippen LogP) is 0.543. The first-order chi connectivity index (χ1) is 9.66. The highest BCUT2D eigenvalue weighted by Crippen LogP contribution is 2.30. The van der Waals surface area contributed by atoms with Crippen molar-refractivity contribution < 1.29 is 23.2 Å². The number of hydrogen-bond donors (Lipinski definition) is 2. The van der Waals surface area contributed by atoms with Crippen molar-refractivity contribution in [2.45, 2.75) is 18.2 Å². The van der Waals surface area contributed by atoms with Crippen LogP contribution in [0.1, 0.15) is 13.3 Å². The molecular weight excluding hydrogens is 302 g/mol. The lowest BCUT2D eigenvalue weighted by molar-refractivity contribution is -0.384. The van der Waals surface area contributed by atoms with E-state index in [2.05, 4.69) is 0 Å². The van der Waals surface area contributed by atoms with Crippen molar-refractivity contribution in [3.05, 3.63) is 28.3 Å². The van der Waals surface area contributed by atoms with E-state index >= 15 is 0 Å². The Bertz CT molecular complexity index is 658. The van der Waals surface area contributed by atoms with Gasteiger partial charge in [-0.15, -0.1) is 0 Å². The van der Waals surface area contributed by atoms with Gasteiger partial charge in [0.1, 0.15) is 12.2 Å². The monoisotopic (exact) mass is 317 g/mol. The van der Waals surface area contributed by atoms with Crippen LogP contribution in [0.5, 0.6) is 0 Å². The summed E-state index contributed by atoms with van der Waals surface area (Å²) in [4.78, 5) is 22.1. The number of carboxylic acid groups (broad SMARTS) is 1. The molecular formula is C11H15N3O6S. The standard InChI is InChI=1S/C11H15N3O6S/c1-2-5-13(7-11(15)16)9-4-3-8(21(12,19)20)6-10(9)14(17)18/h3-4,6H,2,5,7H2,1H3,(H,15,16)(H2,12,19,20). The highest BCUT2D eigenvalue weighted by atomic mass is 32.2. The molecule has 9 nitrogen and oxygen atoms in total. The fourth-order valence-corrected chi connectivity index (χ4v) is 2.35. The SMILES string of the molecule is CCCN(CC(=O)O)c1ccc(S(N)(=O)=O)cc1[N+](=O)[O-]. The lowest BCUT2D eigenvalue weighted by Gasteiger charge is -2.22. The van der Waals surface area contributed by atoms with Gasteiger partial charge in [0, 0.05) is 12.6 Å². The average molecular weight is 317 g/mol. The maximum absolute atomic E-state index is 11.2. The van der Waals surface area contributed by atoms with Gasteiger partial charge >= 0.3 is 5.97 Å². The summed E-state index contributed by atoms with van der Waals surface area (Å²) in [5, 5.41) is 24.9. The largest absolute Gasteiger partial charge is 0.480 e. The van der Waals surface area contributed by atoms with Gasteiger partial charge in [0.05, 0.1) is 9.82 Å².